The fraction of sp³-hybridized carbons (Fsp3) is 0.417. The summed E-state index contributed by atoms with van der Waals surface area (Å²) < 4.78 is 0. The molecule has 0 saturated carbocycles. The standard InChI is InChI=1S/C12H18N2OS/c1-9(8-14(2)3)13-12(15)10-5-4-6-11(16)7-10/h4-7,9,16H,8H2,1-3H3,(H,13,15). The average Bonchev–Trinajstić information content (AvgIpc) is 2.16. The number of carbonyl (C=O) groups is 1. The highest BCUT2D eigenvalue weighted by Crippen LogP contribution is 2.08. The molecule has 1 atom stereocenters. The molecule has 0 aliphatic heterocycles. The number of hydrogen-bond acceptors (Lipinski definition) is 3. The maximum atomic E-state index is 11.8. The van der Waals surface area contributed by atoms with Crippen LogP contribution in [0.3, 0.4) is 0 Å². The number of carbonyl (C=O) groups excluding carboxylic acids is 1. The fourth-order valence-electron chi connectivity index (χ4n) is 1.55. The van der Waals surface area contributed by atoms with Gasteiger partial charge < -0.3 is 10.2 Å². The molecule has 1 unspecified atom stereocenters. The molecule has 1 aromatic rings. The number of likely N-dealkylation sites (N-methyl/N-ethyl adjacent to an activating group) is 1. The van der Waals surface area contributed by atoms with E-state index < -0.39 is 0 Å². The molecule has 0 heterocycles. The molecular formula is C12H18N2OS. The van der Waals surface area contributed by atoms with Crippen molar-refractivity contribution < 1.29 is 4.79 Å². The van der Waals surface area contributed by atoms with Crippen molar-refractivity contribution in [2.75, 3.05) is 20.6 Å². The molecule has 0 aromatic heterocycles. The topological polar surface area (TPSA) is 32.3 Å². The SMILES string of the molecule is CC(CN(C)C)NC(=O)c1cccc(S)c1. The van der Waals surface area contributed by atoms with Gasteiger partial charge in [0.25, 0.3) is 5.91 Å². The van der Waals surface area contributed by atoms with Gasteiger partial charge >= 0.3 is 0 Å². The van der Waals surface area contributed by atoms with E-state index in [9.17, 15) is 4.79 Å². The number of nitrogens with zero attached hydrogens (tertiary/aromatic N) is 1. The summed E-state index contributed by atoms with van der Waals surface area (Å²) >= 11 is 4.21. The first-order valence-corrected chi connectivity index (χ1v) is 5.68. The van der Waals surface area contributed by atoms with Crippen molar-refractivity contribution in [2.45, 2.75) is 17.9 Å². The lowest BCUT2D eigenvalue weighted by atomic mass is 10.2. The zero-order valence-corrected chi connectivity index (χ0v) is 10.8. The number of amides is 1. The average molecular weight is 238 g/mol. The fourth-order valence-corrected chi connectivity index (χ4v) is 1.77. The number of benzene rings is 1. The van der Waals surface area contributed by atoms with Crippen molar-refractivity contribution in [3.05, 3.63) is 29.8 Å². The minimum absolute atomic E-state index is 0.0507. The van der Waals surface area contributed by atoms with Crippen LogP contribution >= 0.6 is 12.6 Å². The first kappa shape index (κ1) is 13.1. The Balaban J connectivity index is 2.59. The van der Waals surface area contributed by atoms with Crippen molar-refractivity contribution in [3.63, 3.8) is 0 Å². The first-order chi connectivity index (χ1) is 7.49. The lowest BCUT2D eigenvalue weighted by Crippen LogP contribution is -2.39. The predicted octanol–water partition coefficient (Wildman–Crippen LogP) is 1.66. The molecule has 16 heavy (non-hydrogen) atoms. The molecule has 0 aliphatic rings. The zero-order valence-electron chi connectivity index (χ0n) is 9.90. The van der Waals surface area contributed by atoms with E-state index in [4.69, 9.17) is 0 Å². The van der Waals surface area contributed by atoms with E-state index in [0.29, 0.717) is 5.56 Å². The molecule has 88 valence electrons. The van der Waals surface area contributed by atoms with E-state index in [2.05, 4.69) is 17.9 Å². The molecule has 0 aliphatic carbocycles. The monoisotopic (exact) mass is 238 g/mol. The van der Waals surface area contributed by atoms with Gasteiger partial charge in [0.1, 0.15) is 0 Å². The van der Waals surface area contributed by atoms with Crippen LogP contribution in [0.25, 0.3) is 0 Å². The van der Waals surface area contributed by atoms with Crippen LogP contribution in [0.4, 0.5) is 0 Å². The van der Waals surface area contributed by atoms with Crippen LogP contribution in [0, 0.1) is 0 Å². The second-order valence-corrected chi connectivity index (χ2v) is 4.70. The van der Waals surface area contributed by atoms with Gasteiger partial charge in [0.15, 0.2) is 0 Å². The second kappa shape index (κ2) is 5.92. The van der Waals surface area contributed by atoms with Gasteiger partial charge in [-0.3, -0.25) is 4.79 Å². The van der Waals surface area contributed by atoms with Gasteiger partial charge in [-0.1, -0.05) is 6.07 Å². The highest BCUT2D eigenvalue weighted by molar-refractivity contribution is 7.80. The van der Waals surface area contributed by atoms with Crippen LogP contribution in [-0.2, 0) is 0 Å². The van der Waals surface area contributed by atoms with Gasteiger partial charge in [0, 0.05) is 23.0 Å². The molecular weight excluding hydrogens is 220 g/mol. The normalized spacial score (nSPS) is 12.6. The molecule has 1 N–H and O–H groups in total. The third kappa shape index (κ3) is 4.24. The van der Waals surface area contributed by atoms with Crippen LogP contribution in [0.2, 0.25) is 0 Å². The highest BCUT2D eigenvalue weighted by atomic mass is 32.1. The van der Waals surface area contributed by atoms with E-state index >= 15 is 0 Å². The van der Waals surface area contributed by atoms with E-state index in [-0.39, 0.29) is 11.9 Å². The van der Waals surface area contributed by atoms with Crippen molar-refractivity contribution in [1.82, 2.24) is 10.2 Å². The molecule has 0 radical (unpaired) electrons. The lowest BCUT2D eigenvalue weighted by Gasteiger charge is -2.18. The van der Waals surface area contributed by atoms with Crippen molar-refractivity contribution in [2.24, 2.45) is 0 Å². The summed E-state index contributed by atoms with van der Waals surface area (Å²) in [5.41, 5.74) is 0.651. The van der Waals surface area contributed by atoms with Crippen LogP contribution in [0.1, 0.15) is 17.3 Å². The van der Waals surface area contributed by atoms with Crippen LogP contribution < -0.4 is 5.32 Å². The Morgan fingerprint density at radius 2 is 2.19 bits per heavy atom. The molecule has 0 spiro atoms. The summed E-state index contributed by atoms with van der Waals surface area (Å²) in [5, 5.41) is 2.94. The summed E-state index contributed by atoms with van der Waals surface area (Å²) in [6.07, 6.45) is 0. The Morgan fingerprint density at radius 3 is 2.75 bits per heavy atom. The quantitative estimate of drug-likeness (QED) is 0.782. The van der Waals surface area contributed by atoms with Gasteiger partial charge in [-0.05, 0) is 39.2 Å². The molecule has 4 heteroatoms. The molecule has 3 nitrogen and oxygen atoms in total. The van der Waals surface area contributed by atoms with Crippen LogP contribution in [0.5, 0.6) is 0 Å². The Hall–Kier alpha value is -1.00. The van der Waals surface area contributed by atoms with Crippen molar-refractivity contribution >= 4 is 18.5 Å². The maximum absolute atomic E-state index is 11.8. The third-order valence-electron chi connectivity index (χ3n) is 2.12. The van der Waals surface area contributed by atoms with Gasteiger partial charge in [-0.15, -0.1) is 12.6 Å². The number of nitrogens with one attached hydrogen (secondary N) is 1. The van der Waals surface area contributed by atoms with Gasteiger partial charge in [-0.2, -0.15) is 0 Å². The highest BCUT2D eigenvalue weighted by Gasteiger charge is 2.10. The van der Waals surface area contributed by atoms with E-state index in [1.54, 1.807) is 12.1 Å². The van der Waals surface area contributed by atoms with Gasteiger partial charge in [0.05, 0.1) is 0 Å². The Bertz CT molecular complexity index is 366. The number of thiol groups is 1. The Kier molecular flexibility index (Phi) is 4.83. The molecule has 0 saturated heterocycles. The van der Waals surface area contributed by atoms with Crippen LogP contribution in [-0.4, -0.2) is 37.5 Å². The van der Waals surface area contributed by atoms with Crippen molar-refractivity contribution in [1.29, 1.82) is 0 Å². The first-order valence-electron chi connectivity index (χ1n) is 5.23. The Labute approximate surface area is 102 Å². The molecule has 1 rings (SSSR count). The third-order valence-corrected chi connectivity index (χ3v) is 2.40. The summed E-state index contributed by atoms with van der Waals surface area (Å²) in [4.78, 5) is 14.7. The zero-order chi connectivity index (χ0) is 12.1. The van der Waals surface area contributed by atoms with Crippen molar-refractivity contribution in [3.8, 4) is 0 Å². The smallest absolute Gasteiger partial charge is 0.251 e. The summed E-state index contributed by atoms with van der Waals surface area (Å²) in [7, 11) is 3.97. The van der Waals surface area contributed by atoms with Gasteiger partial charge in [0.2, 0.25) is 0 Å². The Morgan fingerprint density at radius 1 is 1.50 bits per heavy atom. The maximum Gasteiger partial charge on any atom is 0.251 e. The molecule has 0 fully saturated rings. The van der Waals surface area contributed by atoms with Gasteiger partial charge in [-0.25, -0.2) is 0 Å². The lowest BCUT2D eigenvalue weighted by molar-refractivity contribution is 0.0934. The largest absolute Gasteiger partial charge is 0.348 e. The predicted molar refractivity (Wildman–Crippen MR) is 69.2 cm³/mol. The van der Waals surface area contributed by atoms with Crippen LogP contribution in [0.15, 0.2) is 29.2 Å². The van der Waals surface area contributed by atoms with E-state index in [1.807, 2.05) is 38.1 Å². The van der Waals surface area contributed by atoms with E-state index in [0.717, 1.165) is 11.4 Å². The summed E-state index contributed by atoms with van der Waals surface area (Å²) in [6.45, 7) is 2.81. The molecule has 0 bridgehead atoms. The number of rotatable bonds is 4. The minimum atomic E-state index is -0.0507. The number of hydrogen-bond donors (Lipinski definition) is 2. The molecule has 1 aromatic carbocycles. The second-order valence-electron chi connectivity index (χ2n) is 4.19. The summed E-state index contributed by atoms with van der Waals surface area (Å²) in [5.74, 6) is -0.0507. The van der Waals surface area contributed by atoms with E-state index in [1.165, 1.54) is 0 Å². The summed E-state index contributed by atoms with van der Waals surface area (Å²) in [6, 6.07) is 7.36. The minimum Gasteiger partial charge on any atom is -0.348 e. The molecule has 1 amide bonds.